The summed E-state index contributed by atoms with van der Waals surface area (Å²) in [6.45, 7) is 1.56. The molecule has 2 heteroatoms. The first-order valence-corrected chi connectivity index (χ1v) is 5.16. The van der Waals surface area contributed by atoms with Crippen LogP contribution in [-0.4, -0.2) is 19.3 Å². The monoisotopic (exact) mass is 191 g/mol. The average Bonchev–Trinajstić information content (AvgIpc) is 2.29. The normalized spacial score (nSPS) is 21.9. The maximum atomic E-state index is 5.60. The lowest BCUT2D eigenvalue weighted by Crippen LogP contribution is -2.25. The number of benzene rings is 1. The van der Waals surface area contributed by atoms with Crippen molar-refractivity contribution in [3.8, 4) is 5.75 Å². The molecule has 75 valence electrons. The SMILES string of the molecule is [c]1ccc(OCC2CCCCO2)cc1. The van der Waals surface area contributed by atoms with Crippen LogP contribution in [0, 0.1) is 6.07 Å². The van der Waals surface area contributed by atoms with E-state index in [4.69, 9.17) is 9.47 Å². The van der Waals surface area contributed by atoms with Crippen molar-refractivity contribution in [3.63, 3.8) is 0 Å². The van der Waals surface area contributed by atoms with E-state index in [9.17, 15) is 0 Å². The molecule has 1 atom stereocenters. The minimum atomic E-state index is 0.285. The van der Waals surface area contributed by atoms with Gasteiger partial charge in [0.1, 0.15) is 12.4 Å². The standard InChI is InChI=1S/C12H15O2/c1-2-6-11(7-3-1)14-10-12-8-4-5-9-13-12/h2-3,6-7,12H,4-5,8-10H2. The fourth-order valence-corrected chi connectivity index (χ4v) is 1.60. The molecule has 0 bridgehead atoms. The number of rotatable bonds is 3. The highest BCUT2D eigenvalue weighted by Crippen LogP contribution is 2.15. The molecule has 0 N–H and O–H groups in total. The van der Waals surface area contributed by atoms with Gasteiger partial charge < -0.3 is 9.47 Å². The van der Waals surface area contributed by atoms with Gasteiger partial charge in [-0.15, -0.1) is 0 Å². The Morgan fingerprint density at radius 1 is 1.36 bits per heavy atom. The first-order chi connectivity index (χ1) is 6.95. The van der Waals surface area contributed by atoms with Crippen molar-refractivity contribution in [1.82, 2.24) is 0 Å². The summed E-state index contributed by atoms with van der Waals surface area (Å²) in [5, 5.41) is 0. The van der Waals surface area contributed by atoms with Crippen molar-refractivity contribution in [2.45, 2.75) is 25.4 Å². The summed E-state index contributed by atoms with van der Waals surface area (Å²) in [5.74, 6) is 0.901. The second-order valence-electron chi connectivity index (χ2n) is 3.54. The topological polar surface area (TPSA) is 18.5 Å². The smallest absolute Gasteiger partial charge is 0.119 e. The molecule has 1 aromatic carbocycles. The van der Waals surface area contributed by atoms with Crippen LogP contribution in [0.4, 0.5) is 0 Å². The summed E-state index contributed by atoms with van der Waals surface area (Å²) in [6.07, 6.45) is 3.86. The van der Waals surface area contributed by atoms with Gasteiger partial charge in [-0.25, -0.2) is 0 Å². The van der Waals surface area contributed by atoms with Gasteiger partial charge in [-0.1, -0.05) is 12.1 Å². The molecule has 1 heterocycles. The second kappa shape index (κ2) is 5.01. The van der Waals surface area contributed by atoms with E-state index in [-0.39, 0.29) is 6.10 Å². The molecule has 1 radical (unpaired) electrons. The van der Waals surface area contributed by atoms with Crippen LogP contribution in [-0.2, 0) is 4.74 Å². The molecule has 14 heavy (non-hydrogen) atoms. The Balaban J connectivity index is 1.76. The van der Waals surface area contributed by atoms with E-state index < -0.39 is 0 Å². The van der Waals surface area contributed by atoms with Crippen molar-refractivity contribution in [2.24, 2.45) is 0 Å². The van der Waals surface area contributed by atoms with Crippen LogP contribution in [0.3, 0.4) is 0 Å². The summed E-state index contributed by atoms with van der Waals surface area (Å²) < 4.78 is 11.2. The lowest BCUT2D eigenvalue weighted by atomic mass is 10.1. The molecular formula is C12H15O2. The summed E-state index contributed by atoms with van der Waals surface area (Å²) in [4.78, 5) is 0. The Hall–Kier alpha value is -1.02. The van der Waals surface area contributed by atoms with Gasteiger partial charge in [-0.3, -0.25) is 0 Å². The van der Waals surface area contributed by atoms with Gasteiger partial charge in [-0.05, 0) is 37.5 Å². The molecule has 1 unspecified atom stereocenters. The molecule has 0 saturated carbocycles. The molecule has 0 amide bonds. The lowest BCUT2D eigenvalue weighted by molar-refractivity contribution is -0.0110. The molecule has 0 spiro atoms. The van der Waals surface area contributed by atoms with E-state index in [1.54, 1.807) is 0 Å². The Kier molecular flexibility index (Phi) is 3.41. The molecule has 1 saturated heterocycles. The molecule has 1 fully saturated rings. The fraction of sp³-hybridized carbons (Fsp3) is 0.500. The van der Waals surface area contributed by atoms with E-state index >= 15 is 0 Å². The van der Waals surface area contributed by atoms with Crippen molar-refractivity contribution < 1.29 is 9.47 Å². The highest BCUT2D eigenvalue weighted by Gasteiger charge is 2.13. The third-order valence-corrected chi connectivity index (χ3v) is 2.40. The van der Waals surface area contributed by atoms with Gasteiger partial charge in [0.15, 0.2) is 0 Å². The zero-order valence-corrected chi connectivity index (χ0v) is 8.24. The van der Waals surface area contributed by atoms with Gasteiger partial charge >= 0.3 is 0 Å². The van der Waals surface area contributed by atoms with Gasteiger partial charge in [0.25, 0.3) is 0 Å². The maximum Gasteiger partial charge on any atom is 0.119 e. The number of hydrogen-bond donors (Lipinski definition) is 0. The minimum Gasteiger partial charge on any atom is -0.491 e. The largest absolute Gasteiger partial charge is 0.491 e. The van der Waals surface area contributed by atoms with Crippen LogP contribution in [0.25, 0.3) is 0 Å². The van der Waals surface area contributed by atoms with E-state index in [2.05, 4.69) is 6.07 Å². The van der Waals surface area contributed by atoms with E-state index in [0.717, 1.165) is 18.8 Å². The maximum absolute atomic E-state index is 5.60. The Bertz CT molecular complexity index is 252. The van der Waals surface area contributed by atoms with Crippen LogP contribution in [0.15, 0.2) is 24.3 Å². The molecule has 0 aromatic heterocycles. The first kappa shape index (κ1) is 9.53. The van der Waals surface area contributed by atoms with Crippen molar-refractivity contribution in [1.29, 1.82) is 0 Å². The van der Waals surface area contributed by atoms with E-state index in [0.29, 0.717) is 6.61 Å². The van der Waals surface area contributed by atoms with Crippen molar-refractivity contribution >= 4 is 0 Å². The summed E-state index contributed by atoms with van der Waals surface area (Å²) in [7, 11) is 0. The quantitative estimate of drug-likeness (QED) is 0.730. The number of hydrogen-bond acceptors (Lipinski definition) is 2. The molecule has 1 aliphatic rings. The predicted octanol–water partition coefficient (Wildman–Crippen LogP) is 2.43. The second-order valence-corrected chi connectivity index (χ2v) is 3.54. The Morgan fingerprint density at radius 3 is 2.93 bits per heavy atom. The van der Waals surface area contributed by atoms with Crippen LogP contribution >= 0.6 is 0 Å². The van der Waals surface area contributed by atoms with Crippen LogP contribution in [0.2, 0.25) is 0 Å². The Morgan fingerprint density at radius 2 is 2.21 bits per heavy atom. The molecule has 1 aromatic rings. The van der Waals surface area contributed by atoms with Crippen LogP contribution < -0.4 is 4.74 Å². The van der Waals surface area contributed by atoms with Gasteiger partial charge in [0, 0.05) is 6.61 Å². The highest BCUT2D eigenvalue weighted by atomic mass is 16.5. The molecular weight excluding hydrogens is 176 g/mol. The molecule has 1 aliphatic heterocycles. The van der Waals surface area contributed by atoms with Gasteiger partial charge in [-0.2, -0.15) is 0 Å². The van der Waals surface area contributed by atoms with Gasteiger partial charge in [0.05, 0.1) is 6.10 Å². The lowest BCUT2D eigenvalue weighted by Gasteiger charge is -2.22. The van der Waals surface area contributed by atoms with Gasteiger partial charge in [0.2, 0.25) is 0 Å². The average molecular weight is 191 g/mol. The van der Waals surface area contributed by atoms with Crippen molar-refractivity contribution in [3.05, 3.63) is 30.3 Å². The first-order valence-electron chi connectivity index (χ1n) is 5.16. The summed E-state index contributed by atoms with van der Waals surface area (Å²) in [5.41, 5.74) is 0. The molecule has 2 nitrogen and oxygen atoms in total. The minimum absolute atomic E-state index is 0.285. The number of ether oxygens (including phenoxy) is 2. The van der Waals surface area contributed by atoms with Crippen molar-refractivity contribution in [2.75, 3.05) is 13.2 Å². The highest BCUT2D eigenvalue weighted by molar-refractivity contribution is 5.20. The van der Waals surface area contributed by atoms with Crippen LogP contribution in [0.5, 0.6) is 5.75 Å². The molecule has 2 rings (SSSR count). The summed E-state index contributed by atoms with van der Waals surface area (Å²) >= 11 is 0. The molecule has 0 aliphatic carbocycles. The summed E-state index contributed by atoms with van der Waals surface area (Å²) in [6, 6.07) is 10.5. The van der Waals surface area contributed by atoms with Crippen LogP contribution in [0.1, 0.15) is 19.3 Å². The van der Waals surface area contributed by atoms with E-state index in [1.807, 2.05) is 24.3 Å². The third kappa shape index (κ3) is 2.74. The fourth-order valence-electron chi connectivity index (χ4n) is 1.60. The Labute approximate surface area is 84.8 Å². The zero-order chi connectivity index (χ0) is 9.64. The van der Waals surface area contributed by atoms with E-state index in [1.165, 1.54) is 12.8 Å². The zero-order valence-electron chi connectivity index (χ0n) is 8.24. The third-order valence-electron chi connectivity index (χ3n) is 2.40. The predicted molar refractivity (Wildman–Crippen MR) is 54.4 cm³/mol.